The highest BCUT2D eigenvalue weighted by atomic mass is 14.6. The lowest BCUT2D eigenvalue weighted by molar-refractivity contribution is 0.314. The Hall–Kier alpha value is -1.22. The van der Waals surface area contributed by atoms with E-state index in [1.54, 1.807) is 0 Å². The van der Waals surface area contributed by atoms with Gasteiger partial charge in [0.1, 0.15) is 0 Å². The molecule has 0 unspecified atom stereocenters. The molecule has 2 saturated carbocycles. The van der Waals surface area contributed by atoms with Crippen molar-refractivity contribution in [1.29, 1.82) is 0 Å². The van der Waals surface area contributed by atoms with Crippen LogP contribution in [0.1, 0.15) is 44.1 Å². The quantitative estimate of drug-likeness (QED) is 0.649. The molecular formula is C16H18. The van der Waals surface area contributed by atoms with Crippen LogP contribution in [0.5, 0.6) is 0 Å². The molecule has 0 heteroatoms. The number of hydrogen-bond donors (Lipinski definition) is 0. The highest BCUT2D eigenvalue weighted by Crippen LogP contribution is 2.65. The lowest BCUT2D eigenvalue weighted by Gasteiger charge is -2.36. The Morgan fingerprint density at radius 3 is 2.06 bits per heavy atom. The lowest BCUT2D eigenvalue weighted by atomic mass is 9.67. The van der Waals surface area contributed by atoms with E-state index in [9.17, 15) is 0 Å². The lowest BCUT2D eigenvalue weighted by Crippen LogP contribution is -2.33. The summed E-state index contributed by atoms with van der Waals surface area (Å²) in [5.41, 5.74) is 2.00. The van der Waals surface area contributed by atoms with Gasteiger partial charge in [0.05, 0.1) is 0 Å². The van der Waals surface area contributed by atoms with Crippen LogP contribution in [0, 0.1) is 17.8 Å². The predicted molar refractivity (Wildman–Crippen MR) is 67.1 cm³/mol. The molecule has 0 heterocycles. The monoisotopic (exact) mass is 210 g/mol. The van der Waals surface area contributed by atoms with E-state index >= 15 is 0 Å². The first-order valence-corrected chi connectivity index (χ1v) is 6.36. The molecule has 1 aromatic rings. The van der Waals surface area contributed by atoms with Gasteiger partial charge >= 0.3 is 0 Å². The molecule has 3 rings (SSSR count). The minimum atomic E-state index is 0.199. The molecule has 0 saturated heterocycles. The first kappa shape index (κ1) is 9.97. The molecule has 1 aromatic carbocycles. The normalized spacial score (nSPS) is 24.9. The van der Waals surface area contributed by atoms with Gasteiger partial charge in [-0.15, -0.1) is 6.42 Å². The van der Waals surface area contributed by atoms with Crippen LogP contribution in [0.2, 0.25) is 0 Å². The van der Waals surface area contributed by atoms with Gasteiger partial charge in [0.15, 0.2) is 0 Å². The number of hydrogen-bond acceptors (Lipinski definition) is 0. The Morgan fingerprint density at radius 1 is 0.938 bits per heavy atom. The van der Waals surface area contributed by atoms with Crippen molar-refractivity contribution >= 4 is 0 Å². The van der Waals surface area contributed by atoms with Gasteiger partial charge in [-0.3, -0.25) is 0 Å². The fourth-order valence-electron chi connectivity index (χ4n) is 3.67. The summed E-state index contributed by atoms with van der Waals surface area (Å²) >= 11 is 0. The Morgan fingerprint density at radius 2 is 1.56 bits per heavy atom. The average molecular weight is 210 g/mol. The maximum Gasteiger partial charge on any atom is 0.0409 e. The van der Waals surface area contributed by atoms with Crippen molar-refractivity contribution in [3.8, 4) is 12.3 Å². The predicted octanol–water partition coefficient (Wildman–Crippen LogP) is 3.91. The van der Waals surface area contributed by atoms with Crippen molar-refractivity contribution in [2.45, 2.75) is 43.9 Å². The van der Waals surface area contributed by atoms with Gasteiger partial charge in [-0.1, -0.05) is 49.1 Å². The smallest absolute Gasteiger partial charge is 0.0409 e. The van der Waals surface area contributed by atoms with Crippen LogP contribution in [0.3, 0.4) is 0 Å². The molecule has 2 fully saturated rings. The van der Waals surface area contributed by atoms with E-state index in [1.807, 2.05) is 0 Å². The van der Waals surface area contributed by atoms with Crippen molar-refractivity contribution in [2.24, 2.45) is 5.41 Å². The molecule has 2 aliphatic rings. The molecule has 82 valence electrons. The molecule has 0 atom stereocenters. The Kier molecular flexibility index (Phi) is 2.11. The maximum atomic E-state index is 5.82. The molecule has 0 aliphatic heterocycles. The highest BCUT2D eigenvalue weighted by molar-refractivity contribution is 5.38. The number of rotatable bonds is 2. The van der Waals surface area contributed by atoms with E-state index in [1.165, 1.54) is 44.1 Å². The second-order valence-corrected chi connectivity index (χ2v) is 5.38. The molecule has 0 bridgehead atoms. The van der Waals surface area contributed by atoms with E-state index in [0.717, 1.165) is 0 Å². The van der Waals surface area contributed by atoms with E-state index in [2.05, 4.69) is 36.3 Å². The molecule has 0 N–H and O–H groups in total. The van der Waals surface area contributed by atoms with Gasteiger partial charge in [-0.05, 0) is 31.2 Å². The zero-order valence-electron chi connectivity index (χ0n) is 9.71. The fraction of sp³-hybridized carbons (Fsp3) is 0.500. The molecule has 16 heavy (non-hydrogen) atoms. The van der Waals surface area contributed by atoms with Crippen molar-refractivity contribution in [2.75, 3.05) is 0 Å². The van der Waals surface area contributed by atoms with E-state index < -0.39 is 0 Å². The standard InChI is InChI=1S/C16H18/c1-2-15(12-13-15)16(10-6-7-11-16)14-8-4-3-5-9-14/h1,3-5,8-9H,6-7,10-13H2. The summed E-state index contributed by atoms with van der Waals surface area (Å²) in [5.74, 6) is 3.13. The molecule has 0 nitrogen and oxygen atoms in total. The summed E-state index contributed by atoms with van der Waals surface area (Å²) in [6, 6.07) is 11.0. The molecule has 2 aliphatic carbocycles. The van der Waals surface area contributed by atoms with E-state index in [-0.39, 0.29) is 5.41 Å². The van der Waals surface area contributed by atoms with Crippen LogP contribution in [-0.2, 0) is 5.41 Å². The summed E-state index contributed by atoms with van der Waals surface area (Å²) in [6.07, 6.45) is 13.6. The second kappa shape index (κ2) is 3.39. The fourth-order valence-corrected chi connectivity index (χ4v) is 3.67. The minimum Gasteiger partial charge on any atom is -0.119 e. The van der Waals surface area contributed by atoms with Crippen LogP contribution in [0.15, 0.2) is 30.3 Å². The van der Waals surface area contributed by atoms with Crippen LogP contribution in [-0.4, -0.2) is 0 Å². The third-order valence-electron chi connectivity index (χ3n) is 4.73. The van der Waals surface area contributed by atoms with Gasteiger partial charge in [0.25, 0.3) is 0 Å². The second-order valence-electron chi connectivity index (χ2n) is 5.38. The number of terminal acetylenes is 1. The Balaban J connectivity index is 2.08. The van der Waals surface area contributed by atoms with E-state index in [0.29, 0.717) is 5.41 Å². The van der Waals surface area contributed by atoms with Crippen LogP contribution in [0.25, 0.3) is 0 Å². The van der Waals surface area contributed by atoms with Gasteiger partial charge in [-0.2, -0.15) is 0 Å². The molecule has 0 aromatic heterocycles. The van der Waals surface area contributed by atoms with Crippen LogP contribution >= 0.6 is 0 Å². The minimum absolute atomic E-state index is 0.199. The van der Waals surface area contributed by atoms with Crippen molar-refractivity contribution in [1.82, 2.24) is 0 Å². The molecule has 0 spiro atoms. The van der Waals surface area contributed by atoms with Crippen LogP contribution < -0.4 is 0 Å². The summed E-state index contributed by atoms with van der Waals surface area (Å²) in [4.78, 5) is 0. The zero-order valence-corrected chi connectivity index (χ0v) is 9.71. The Bertz CT molecular complexity index is 411. The van der Waals surface area contributed by atoms with Gasteiger partial charge in [0.2, 0.25) is 0 Å². The Labute approximate surface area is 98.1 Å². The van der Waals surface area contributed by atoms with Gasteiger partial charge < -0.3 is 0 Å². The maximum absolute atomic E-state index is 5.82. The SMILES string of the molecule is C#CC1(C2(c3ccccc3)CCCC2)CC1. The number of benzene rings is 1. The highest BCUT2D eigenvalue weighted by Gasteiger charge is 2.59. The molecule has 0 amide bonds. The van der Waals surface area contributed by atoms with Gasteiger partial charge in [-0.25, -0.2) is 0 Å². The third-order valence-corrected chi connectivity index (χ3v) is 4.73. The topological polar surface area (TPSA) is 0 Å². The summed E-state index contributed by atoms with van der Waals surface area (Å²) in [5, 5.41) is 0. The summed E-state index contributed by atoms with van der Waals surface area (Å²) in [7, 11) is 0. The van der Waals surface area contributed by atoms with E-state index in [4.69, 9.17) is 6.42 Å². The van der Waals surface area contributed by atoms with Crippen molar-refractivity contribution < 1.29 is 0 Å². The molecule has 0 radical (unpaired) electrons. The molecular weight excluding hydrogens is 192 g/mol. The summed E-state index contributed by atoms with van der Waals surface area (Å²) in [6.45, 7) is 0. The summed E-state index contributed by atoms with van der Waals surface area (Å²) < 4.78 is 0. The van der Waals surface area contributed by atoms with Crippen LogP contribution in [0.4, 0.5) is 0 Å². The van der Waals surface area contributed by atoms with Crippen molar-refractivity contribution in [3.05, 3.63) is 35.9 Å². The van der Waals surface area contributed by atoms with Crippen molar-refractivity contribution in [3.63, 3.8) is 0 Å². The average Bonchev–Trinajstić information content (AvgIpc) is 3.01. The van der Waals surface area contributed by atoms with Gasteiger partial charge in [0, 0.05) is 10.8 Å². The largest absolute Gasteiger partial charge is 0.119 e. The zero-order chi connectivity index (χ0) is 11.1. The first-order chi connectivity index (χ1) is 7.83. The first-order valence-electron chi connectivity index (χ1n) is 6.36. The third kappa shape index (κ3) is 1.18.